The van der Waals surface area contributed by atoms with Gasteiger partial charge in [-0.05, 0) is 39.3 Å². The smallest absolute Gasteiger partial charge is 0.419 e. The summed E-state index contributed by atoms with van der Waals surface area (Å²) >= 11 is 0. The fourth-order valence-electron chi connectivity index (χ4n) is 1.86. The van der Waals surface area contributed by atoms with Crippen molar-refractivity contribution in [3.05, 3.63) is 35.8 Å². The Bertz CT molecular complexity index is 608. The molecule has 0 atom stereocenters. The zero-order valence-corrected chi connectivity index (χ0v) is 11.0. The molecule has 0 radical (unpaired) electrons. The maximum atomic E-state index is 13.8. The summed E-state index contributed by atoms with van der Waals surface area (Å²) in [6, 6.07) is 4.75. The molecule has 1 aromatic carbocycles. The minimum absolute atomic E-state index is 0.268. The molecule has 0 saturated carbocycles. The molecule has 0 saturated heterocycles. The van der Waals surface area contributed by atoms with Crippen molar-refractivity contribution < 1.29 is 13.9 Å². The van der Waals surface area contributed by atoms with Crippen LogP contribution in [-0.4, -0.2) is 16.3 Å². The molecule has 0 aliphatic rings. The first-order valence-electron chi connectivity index (χ1n) is 5.79. The van der Waals surface area contributed by atoms with Gasteiger partial charge >= 0.3 is 6.09 Å². The number of rotatable bonds is 0. The number of hydrogen-bond acceptors (Lipinski definition) is 2. The Morgan fingerprint density at radius 3 is 2.61 bits per heavy atom. The summed E-state index contributed by atoms with van der Waals surface area (Å²) in [6.07, 6.45) is 1.03. The predicted molar refractivity (Wildman–Crippen MR) is 68.3 cm³/mol. The number of fused-ring (bicyclic) bond motifs is 1. The average molecular weight is 249 g/mol. The van der Waals surface area contributed by atoms with E-state index >= 15 is 0 Å². The number of nitrogens with zero attached hydrogens (tertiary/aromatic N) is 1. The minimum Gasteiger partial charge on any atom is -0.443 e. The van der Waals surface area contributed by atoms with Gasteiger partial charge in [0.25, 0.3) is 0 Å². The fraction of sp³-hybridized carbons (Fsp3) is 0.357. The molecule has 0 bridgehead atoms. The van der Waals surface area contributed by atoms with E-state index in [9.17, 15) is 9.18 Å². The number of ether oxygens (including phenoxy) is 1. The van der Waals surface area contributed by atoms with Crippen molar-refractivity contribution in [1.82, 2.24) is 4.57 Å². The Morgan fingerprint density at radius 2 is 2.00 bits per heavy atom. The lowest BCUT2D eigenvalue weighted by molar-refractivity contribution is 0.0543. The monoisotopic (exact) mass is 249 g/mol. The van der Waals surface area contributed by atoms with Gasteiger partial charge in [-0.1, -0.05) is 12.1 Å². The van der Waals surface area contributed by atoms with E-state index in [-0.39, 0.29) is 5.52 Å². The molecule has 0 amide bonds. The lowest BCUT2D eigenvalue weighted by Gasteiger charge is -2.19. The van der Waals surface area contributed by atoms with E-state index in [1.807, 2.05) is 6.92 Å². The van der Waals surface area contributed by atoms with Crippen molar-refractivity contribution in [1.29, 1.82) is 0 Å². The van der Waals surface area contributed by atoms with E-state index in [0.29, 0.717) is 0 Å². The third-order valence-corrected chi connectivity index (χ3v) is 2.57. The topological polar surface area (TPSA) is 31.2 Å². The molecule has 0 unspecified atom stereocenters. The molecule has 2 rings (SSSR count). The zero-order chi connectivity index (χ0) is 13.5. The SMILES string of the molecule is Cc1cn(C(=O)OC(C)(C)C)c2c(F)cccc12. The summed E-state index contributed by atoms with van der Waals surface area (Å²) < 4.78 is 20.3. The van der Waals surface area contributed by atoms with Gasteiger partial charge in [0.05, 0.1) is 5.52 Å². The summed E-state index contributed by atoms with van der Waals surface area (Å²) in [5.41, 5.74) is 0.506. The van der Waals surface area contributed by atoms with E-state index < -0.39 is 17.5 Å². The lowest BCUT2D eigenvalue weighted by atomic mass is 10.2. The molecule has 0 spiro atoms. The van der Waals surface area contributed by atoms with Crippen LogP contribution in [0.15, 0.2) is 24.4 Å². The number of hydrogen-bond donors (Lipinski definition) is 0. The number of aryl methyl sites for hydroxylation is 1. The van der Waals surface area contributed by atoms with Crippen LogP contribution in [-0.2, 0) is 4.74 Å². The summed E-state index contributed by atoms with van der Waals surface area (Å²) in [5.74, 6) is -0.425. The number of carbonyl (C=O) groups is 1. The quantitative estimate of drug-likeness (QED) is 0.709. The van der Waals surface area contributed by atoms with Crippen LogP contribution in [0.2, 0.25) is 0 Å². The molecule has 2 aromatic rings. The van der Waals surface area contributed by atoms with Gasteiger partial charge < -0.3 is 4.74 Å². The van der Waals surface area contributed by atoms with Gasteiger partial charge in [-0.25, -0.2) is 13.8 Å². The van der Waals surface area contributed by atoms with Crippen molar-refractivity contribution >= 4 is 17.0 Å². The van der Waals surface area contributed by atoms with Crippen LogP contribution in [0.3, 0.4) is 0 Å². The van der Waals surface area contributed by atoms with Gasteiger partial charge in [0, 0.05) is 11.6 Å². The number of aromatic nitrogens is 1. The fourth-order valence-corrected chi connectivity index (χ4v) is 1.86. The molecule has 18 heavy (non-hydrogen) atoms. The van der Waals surface area contributed by atoms with Crippen LogP contribution >= 0.6 is 0 Å². The van der Waals surface area contributed by atoms with Gasteiger partial charge in [-0.2, -0.15) is 0 Å². The van der Waals surface area contributed by atoms with Crippen LogP contribution < -0.4 is 0 Å². The number of para-hydroxylation sites is 1. The van der Waals surface area contributed by atoms with Gasteiger partial charge in [0.2, 0.25) is 0 Å². The number of benzene rings is 1. The highest BCUT2D eigenvalue weighted by Crippen LogP contribution is 2.24. The van der Waals surface area contributed by atoms with Gasteiger partial charge in [-0.3, -0.25) is 0 Å². The highest BCUT2D eigenvalue weighted by molar-refractivity contribution is 5.92. The Balaban J connectivity index is 2.55. The van der Waals surface area contributed by atoms with Crippen molar-refractivity contribution in [3.63, 3.8) is 0 Å². The van der Waals surface area contributed by atoms with Gasteiger partial charge in [0.1, 0.15) is 11.4 Å². The first-order valence-corrected chi connectivity index (χ1v) is 5.79. The lowest BCUT2D eigenvalue weighted by Crippen LogP contribution is -2.26. The number of carbonyl (C=O) groups excluding carboxylic acids is 1. The number of halogens is 1. The van der Waals surface area contributed by atoms with Crippen molar-refractivity contribution in [2.75, 3.05) is 0 Å². The van der Waals surface area contributed by atoms with Crippen LogP contribution in [0.1, 0.15) is 26.3 Å². The van der Waals surface area contributed by atoms with Crippen LogP contribution in [0.5, 0.6) is 0 Å². The predicted octanol–water partition coefficient (Wildman–Crippen LogP) is 3.87. The van der Waals surface area contributed by atoms with Gasteiger partial charge in [-0.15, -0.1) is 0 Å². The third-order valence-electron chi connectivity index (χ3n) is 2.57. The highest BCUT2D eigenvalue weighted by Gasteiger charge is 2.21. The van der Waals surface area contributed by atoms with Gasteiger partial charge in [0.15, 0.2) is 0 Å². The van der Waals surface area contributed by atoms with E-state index in [1.165, 1.54) is 10.6 Å². The molecule has 3 nitrogen and oxygen atoms in total. The summed E-state index contributed by atoms with van der Waals surface area (Å²) in [4.78, 5) is 12.0. The van der Waals surface area contributed by atoms with Crippen LogP contribution in [0.4, 0.5) is 9.18 Å². The van der Waals surface area contributed by atoms with E-state index in [1.54, 1.807) is 39.1 Å². The first kappa shape index (κ1) is 12.6. The average Bonchev–Trinajstić information content (AvgIpc) is 2.56. The Morgan fingerprint density at radius 1 is 1.33 bits per heavy atom. The van der Waals surface area contributed by atoms with Crippen molar-refractivity contribution in [3.8, 4) is 0 Å². The van der Waals surface area contributed by atoms with Crippen LogP contribution in [0, 0.1) is 12.7 Å². The largest absolute Gasteiger partial charge is 0.443 e. The maximum Gasteiger partial charge on any atom is 0.419 e. The van der Waals surface area contributed by atoms with Crippen molar-refractivity contribution in [2.45, 2.75) is 33.3 Å². The Hall–Kier alpha value is -1.84. The molecule has 0 aliphatic carbocycles. The first-order chi connectivity index (χ1) is 8.29. The molecule has 4 heteroatoms. The zero-order valence-electron chi connectivity index (χ0n) is 11.0. The van der Waals surface area contributed by atoms with E-state index in [0.717, 1.165) is 10.9 Å². The summed E-state index contributed by atoms with van der Waals surface area (Å²) in [5, 5.41) is 0.723. The molecule has 1 heterocycles. The Kier molecular flexibility index (Phi) is 2.89. The molecule has 0 N–H and O–H groups in total. The standard InChI is InChI=1S/C14H16FNO2/c1-9-8-16(13(17)18-14(2,3)4)12-10(9)6-5-7-11(12)15/h5-8H,1-4H3. The van der Waals surface area contributed by atoms with Crippen LogP contribution in [0.25, 0.3) is 10.9 Å². The third kappa shape index (κ3) is 2.23. The molecular weight excluding hydrogens is 233 g/mol. The van der Waals surface area contributed by atoms with Crippen molar-refractivity contribution in [2.24, 2.45) is 0 Å². The second-order valence-electron chi connectivity index (χ2n) is 5.30. The molecule has 96 valence electrons. The van der Waals surface area contributed by atoms with E-state index in [2.05, 4.69) is 0 Å². The highest BCUT2D eigenvalue weighted by atomic mass is 19.1. The van der Waals surface area contributed by atoms with E-state index in [4.69, 9.17) is 4.74 Å². The minimum atomic E-state index is -0.604. The Labute approximate surface area is 105 Å². The second kappa shape index (κ2) is 4.12. The molecule has 1 aromatic heterocycles. The second-order valence-corrected chi connectivity index (χ2v) is 5.30. The molecular formula is C14H16FNO2. The molecule has 0 fully saturated rings. The molecule has 0 aliphatic heterocycles. The normalized spacial score (nSPS) is 11.8. The summed E-state index contributed by atoms with van der Waals surface area (Å²) in [7, 11) is 0. The summed E-state index contributed by atoms with van der Waals surface area (Å²) in [6.45, 7) is 7.17. The maximum absolute atomic E-state index is 13.8.